The van der Waals surface area contributed by atoms with Crippen LogP contribution in [-0.4, -0.2) is 29.9 Å². The molecule has 0 bridgehead atoms. The average Bonchev–Trinajstić information content (AvgIpc) is 2.17. The maximum Gasteiger partial charge on any atom is 0.108 e. The molecule has 0 aromatic carbocycles. The van der Waals surface area contributed by atoms with Gasteiger partial charge in [-0.15, -0.1) is 0 Å². The second-order valence-electron chi connectivity index (χ2n) is 4.09. The lowest BCUT2D eigenvalue weighted by atomic mass is 9.93. The molecule has 0 spiro atoms. The molecule has 1 rings (SSSR count). The Bertz CT molecular complexity index is 173. The van der Waals surface area contributed by atoms with Crippen LogP contribution in [0.15, 0.2) is 0 Å². The summed E-state index contributed by atoms with van der Waals surface area (Å²) in [5, 5.41) is 7.39. The van der Waals surface area contributed by atoms with Crippen molar-refractivity contribution in [3.05, 3.63) is 0 Å². The van der Waals surface area contributed by atoms with Gasteiger partial charge in [0.25, 0.3) is 0 Å². The van der Waals surface area contributed by atoms with E-state index in [1.165, 1.54) is 32.1 Å². The molecule has 13 heavy (non-hydrogen) atoms. The Balaban J connectivity index is 2.44. The van der Waals surface area contributed by atoms with E-state index < -0.39 is 0 Å². The summed E-state index contributed by atoms with van der Waals surface area (Å²) in [6.07, 6.45) is 6.58. The van der Waals surface area contributed by atoms with Crippen molar-refractivity contribution in [1.82, 2.24) is 4.90 Å². The second-order valence-corrected chi connectivity index (χ2v) is 4.09. The molecule has 3 nitrogen and oxygen atoms in total. The van der Waals surface area contributed by atoms with Gasteiger partial charge in [0.2, 0.25) is 0 Å². The Kier molecular flexibility index (Phi) is 3.72. The minimum Gasteiger partial charge on any atom is -0.386 e. The lowest BCUT2D eigenvalue weighted by Gasteiger charge is -2.34. The summed E-state index contributed by atoms with van der Waals surface area (Å²) in [4.78, 5) is 2.25. The highest BCUT2D eigenvalue weighted by molar-refractivity contribution is 5.82. The standard InChI is InChI=1S/C10H21N3/c1-8(10(11)12)13(2)9-6-4-3-5-7-9/h8-9H,3-7H2,1-2H3,(H3,11,12). The van der Waals surface area contributed by atoms with Gasteiger partial charge in [-0.1, -0.05) is 19.3 Å². The van der Waals surface area contributed by atoms with Gasteiger partial charge in [-0.05, 0) is 26.8 Å². The van der Waals surface area contributed by atoms with Crippen LogP contribution >= 0.6 is 0 Å². The SMILES string of the molecule is CC(C(=N)N)N(C)C1CCCCC1. The van der Waals surface area contributed by atoms with Gasteiger partial charge in [0.15, 0.2) is 0 Å². The van der Waals surface area contributed by atoms with Crippen LogP contribution in [0.1, 0.15) is 39.0 Å². The zero-order valence-corrected chi connectivity index (χ0v) is 8.71. The predicted octanol–water partition coefficient (Wildman–Crippen LogP) is 1.58. The molecule has 0 aliphatic heterocycles. The molecule has 0 amide bonds. The van der Waals surface area contributed by atoms with Crippen molar-refractivity contribution in [2.75, 3.05) is 7.05 Å². The highest BCUT2D eigenvalue weighted by Crippen LogP contribution is 2.22. The first-order valence-electron chi connectivity index (χ1n) is 5.18. The molecule has 76 valence electrons. The van der Waals surface area contributed by atoms with Crippen molar-refractivity contribution in [2.24, 2.45) is 5.73 Å². The Labute approximate surface area is 80.8 Å². The van der Waals surface area contributed by atoms with Crippen LogP contribution in [0.5, 0.6) is 0 Å². The van der Waals surface area contributed by atoms with Crippen molar-refractivity contribution in [3.63, 3.8) is 0 Å². The first kappa shape index (κ1) is 10.5. The highest BCUT2D eigenvalue weighted by Gasteiger charge is 2.22. The Morgan fingerprint density at radius 3 is 2.38 bits per heavy atom. The minimum atomic E-state index is 0.100. The van der Waals surface area contributed by atoms with E-state index in [1.54, 1.807) is 0 Å². The van der Waals surface area contributed by atoms with Gasteiger partial charge >= 0.3 is 0 Å². The summed E-state index contributed by atoms with van der Waals surface area (Å²) in [6, 6.07) is 0.746. The molecule has 1 atom stereocenters. The number of nitrogens with zero attached hydrogens (tertiary/aromatic N) is 1. The third-order valence-corrected chi connectivity index (χ3v) is 3.21. The van der Waals surface area contributed by atoms with Crippen molar-refractivity contribution >= 4 is 5.84 Å². The van der Waals surface area contributed by atoms with E-state index in [4.69, 9.17) is 11.1 Å². The van der Waals surface area contributed by atoms with Gasteiger partial charge in [-0.2, -0.15) is 0 Å². The molecule has 0 radical (unpaired) electrons. The van der Waals surface area contributed by atoms with Crippen LogP contribution in [-0.2, 0) is 0 Å². The molecule has 3 heteroatoms. The number of nitrogens with two attached hydrogens (primary N) is 1. The van der Waals surface area contributed by atoms with Gasteiger partial charge in [0.1, 0.15) is 5.84 Å². The first-order valence-corrected chi connectivity index (χ1v) is 5.18. The molecule has 0 aromatic rings. The van der Waals surface area contributed by atoms with E-state index in [2.05, 4.69) is 11.9 Å². The summed E-state index contributed by atoms with van der Waals surface area (Å²) in [7, 11) is 2.09. The molecule has 1 fully saturated rings. The number of hydrogen-bond donors (Lipinski definition) is 2. The van der Waals surface area contributed by atoms with Gasteiger partial charge in [-0.3, -0.25) is 10.3 Å². The number of likely N-dealkylation sites (N-methyl/N-ethyl adjacent to an activating group) is 1. The number of nitrogens with one attached hydrogen (secondary N) is 1. The molecule has 0 saturated heterocycles. The maximum atomic E-state index is 7.39. The van der Waals surface area contributed by atoms with Gasteiger partial charge in [-0.25, -0.2) is 0 Å². The smallest absolute Gasteiger partial charge is 0.108 e. The lowest BCUT2D eigenvalue weighted by molar-refractivity contribution is 0.176. The average molecular weight is 183 g/mol. The Morgan fingerprint density at radius 2 is 1.92 bits per heavy atom. The fourth-order valence-electron chi connectivity index (χ4n) is 2.02. The van der Waals surface area contributed by atoms with Gasteiger partial charge in [0, 0.05) is 6.04 Å². The van der Waals surface area contributed by atoms with E-state index in [1.807, 2.05) is 6.92 Å². The Morgan fingerprint density at radius 1 is 1.38 bits per heavy atom. The molecular weight excluding hydrogens is 162 g/mol. The van der Waals surface area contributed by atoms with Crippen LogP contribution < -0.4 is 5.73 Å². The fourth-order valence-corrected chi connectivity index (χ4v) is 2.02. The van der Waals surface area contributed by atoms with Crippen LogP contribution in [0, 0.1) is 5.41 Å². The summed E-state index contributed by atoms with van der Waals surface area (Å²) in [5.41, 5.74) is 5.49. The molecule has 3 N–H and O–H groups in total. The van der Waals surface area contributed by atoms with E-state index in [9.17, 15) is 0 Å². The van der Waals surface area contributed by atoms with Gasteiger partial charge < -0.3 is 5.73 Å². The molecule has 1 aliphatic rings. The van der Waals surface area contributed by atoms with Crippen molar-refractivity contribution in [2.45, 2.75) is 51.1 Å². The van der Waals surface area contributed by atoms with Crippen LogP contribution in [0.25, 0.3) is 0 Å². The minimum absolute atomic E-state index is 0.100. The zero-order valence-electron chi connectivity index (χ0n) is 8.71. The largest absolute Gasteiger partial charge is 0.386 e. The first-order chi connectivity index (χ1) is 6.13. The number of amidine groups is 1. The van der Waals surface area contributed by atoms with Crippen LogP contribution in [0.4, 0.5) is 0 Å². The van der Waals surface area contributed by atoms with Gasteiger partial charge in [0.05, 0.1) is 6.04 Å². The monoisotopic (exact) mass is 183 g/mol. The molecule has 0 aromatic heterocycles. The molecule has 0 heterocycles. The molecule has 1 aliphatic carbocycles. The van der Waals surface area contributed by atoms with Crippen molar-refractivity contribution in [3.8, 4) is 0 Å². The summed E-state index contributed by atoms with van der Waals surface area (Å²) >= 11 is 0. The summed E-state index contributed by atoms with van der Waals surface area (Å²) < 4.78 is 0. The second kappa shape index (κ2) is 4.61. The Hall–Kier alpha value is -0.570. The normalized spacial score (nSPS) is 21.8. The summed E-state index contributed by atoms with van der Waals surface area (Å²) in [6.45, 7) is 2.01. The molecule has 1 unspecified atom stereocenters. The third kappa shape index (κ3) is 2.69. The van der Waals surface area contributed by atoms with E-state index in [0.717, 1.165) is 0 Å². The lowest BCUT2D eigenvalue weighted by Crippen LogP contribution is -2.46. The third-order valence-electron chi connectivity index (χ3n) is 3.21. The topological polar surface area (TPSA) is 53.1 Å². The number of hydrogen-bond acceptors (Lipinski definition) is 2. The number of rotatable bonds is 3. The van der Waals surface area contributed by atoms with Crippen molar-refractivity contribution in [1.29, 1.82) is 5.41 Å². The maximum absolute atomic E-state index is 7.39. The quantitative estimate of drug-likeness (QED) is 0.515. The van der Waals surface area contributed by atoms with E-state index in [-0.39, 0.29) is 11.9 Å². The summed E-state index contributed by atoms with van der Waals surface area (Å²) in [5.74, 6) is 0.285. The molecule has 1 saturated carbocycles. The van der Waals surface area contributed by atoms with Crippen molar-refractivity contribution < 1.29 is 0 Å². The predicted molar refractivity (Wildman–Crippen MR) is 56.0 cm³/mol. The fraction of sp³-hybridized carbons (Fsp3) is 0.900. The highest BCUT2D eigenvalue weighted by atomic mass is 15.2. The van der Waals surface area contributed by atoms with E-state index in [0.29, 0.717) is 6.04 Å². The van der Waals surface area contributed by atoms with E-state index >= 15 is 0 Å². The van der Waals surface area contributed by atoms with Crippen LogP contribution in [0.3, 0.4) is 0 Å². The molecular formula is C10H21N3. The van der Waals surface area contributed by atoms with Crippen LogP contribution in [0.2, 0.25) is 0 Å². The zero-order chi connectivity index (χ0) is 9.84.